The zero-order valence-electron chi connectivity index (χ0n) is 8.34. The zero-order chi connectivity index (χ0) is 9.73. The summed E-state index contributed by atoms with van der Waals surface area (Å²) in [5, 5.41) is 0. The number of esters is 1. The van der Waals surface area contributed by atoms with Crippen molar-refractivity contribution in [1.29, 1.82) is 0 Å². The third-order valence-corrected chi connectivity index (χ3v) is 2.78. The first kappa shape index (κ1) is 10.3. The predicted molar refractivity (Wildman–Crippen MR) is 52.3 cm³/mol. The van der Waals surface area contributed by atoms with E-state index < -0.39 is 0 Å². The van der Waals surface area contributed by atoms with Crippen molar-refractivity contribution in [2.45, 2.75) is 39.0 Å². The van der Waals surface area contributed by atoms with Crippen LogP contribution in [0.2, 0.25) is 0 Å². The van der Waals surface area contributed by atoms with E-state index in [9.17, 15) is 4.79 Å². The average Bonchev–Trinajstić information content (AvgIpc) is 2.15. The third kappa shape index (κ3) is 2.58. The highest BCUT2D eigenvalue weighted by Crippen LogP contribution is 2.36. The van der Waals surface area contributed by atoms with Crippen molar-refractivity contribution in [3.63, 3.8) is 0 Å². The summed E-state index contributed by atoms with van der Waals surface area (Å²) in [6.45, 7) is 5.88. The molecule has 0 aromatic rings. The quantitative estimate of drug-likeness (QED) is 0.495. The molecule has 1 rings (SSSR count). The molecule has 0 N–H and O–H groups in total. The Morgan fingerprint density at radius 3 is 2.62 bits per heavy atom. The zero-order valence-corrected chi connectivity index (χ0v) is 8.34. The van der Waals surface area contributed by atoms with E-state index in [0.29, 0.717) is 6.61 Å². The van der Waals surface area contributed by atoms with Crippen molar-refractivity contribution in [1.82, 2.24) is 0 Å². The molecule has 0 aromatic heterocycles. The lowest BCUT2D eigenvalue weighted by Gasteiger charge is -2.30. The molecule has 1 aliphatic carbocycles. The lowest BCUT2D eigenvalue weighted by molar-refractivity contribution is -0.155. The van der Waals surface area contributed by atoms with Crippen LogP contribution in [0.3, 0.4) is 0 Å². The van der Waals surface area contributed by atoms with Gasteiger partial charge in [-0.2, -0.15) is 0 Å². The minimum Gasteiger partial charge on any atom is -0.461 e. The Labute approximate surface area is 80.0 Å². The second-order valence-corrected chi connectivity index (χ2v) is 4.01. The maximum Gasteiger partial charge on any atom is 0.312 e. The highest BCUT2D eigenvalue weighted by atomic mass is 16.5. The molecule has 0 spiro atoms. The summed E-state index contributed by atoms with van der Waals surface area (Å²) >= 11 is 0. The SMILES string of the molecule is C=CCOC(=O)C1(C)CCCCC1. The first-order chi connectivity index (χ1) is 6.19. The Kier molecular flexibility index (Phi) is 3.52. The average molecular weight is 182 g/mol. The van der Waals surface area contributed by atoms with Crippen molar-refractivity contribution in [2.24, 2.45) is 5.41 Å². The number of carbonyl (C=O) groups is 1. The first-order valence-corrected chi connectivity index (χ1v) is 4.97. The Morgan fingerprint density at radius 2 is 2.08 bits per heavy atom. The van der Waals surface area contributed by atoms with E-state index in [-0.39, 0.29) is 11.4 Å². The molecule has 0 unspecified atom stereocenters. The van der Waals surface area contributed by atoms with Gasteiger partial charge in [-0.15, -0.1) is 0 Å². The van der Waals surface area contributed by atoms with Crippen LogP contribution in [0, 0.1) is 5.41 Å². The molecular formula is C11H18O2. The number of hydrogen-bond donors (Lipinski definition) is 0. The molecule has 13 heavy (non-hydrogen) atoms. The van der Waals surface area contributed by atoms with Gasteiger partial charge < -0.3 is 4.74 Å². The van der Waals surface area contributed by atoms with Crippen molar-refractivity contribution in [2.75, 3.05) is 6.61 Å². The minimum atomic E-state index is -0.221. The Bertz CT molecular complexity index is 190. The summed E-state index contributed by atoms with van der Waals surface area (Å²) in [6.07, 6.45) is 7.12. The molecule has 0 radical (unpaired) electrons. The fourth-order valence-electron chi connectivity index (χ4n) is 1.85. The Balaban J connectivity index is 2.46. The predicted octanol–water partition coefficient (Wildman–Crippen LogP) is 2.69. The third-order valence-electron chi connectivity index (χ3n) is 2.78. The number of hydrogen-bond acceptors (Lipinski definition) is 2. The van der Waals surface area contributed by atoms with Crippen molar-refractivity contribution < 1.29 is 9.53 Å². The van der Waals surface area contributed by atoms with Gasteiger partial charge >= 0.3 is 5.97 Å². The number of ether oxygens (including phenoxy) is 1. The van der Waals surface area contributed by atoms with E-state index in [2.05, 4.69) is 6.58 Å². The smallest absolute Gasteiger partial charge is 0.312 e. The lowest BCUT2D eigenvalue weighted by Crippen LogP contribution is -2.32. The molecule has 0 saturated heterocycles. The fraction of sp³-hybridized carbons (Fsp3) is 0.727. The van der Waals surface area contributed by atoms with E-state index in [0.717, 1.165) is 25.7 Å². The Morgan fingerprint density at radius 1 is 1.46 bits per heavy atom. The van der Waals surface area contributed by atoms with Crippen molar-refractivity contribution in [3.05, 3.63) is 12.7 Å². The van der Waals surface area contributed by atoms with Crippen LogP contribution in [0.25, 0.3) is 0 Å². The molecule has 74 valence electrons. The molecule has 1 fully saturated rings. The topological polar surface area (TPSA) is 26.3 Å². The normalized spacial score (nSPS) is 20.7. The molecule has 0 aromatic carbocycles. The van der Waals surface area contributed by atoms with Crippen molar-refractivity contribution in [3.8, 4) is 0 Å². The molecule has 0 heterocycles. The molecule has 1 saturated carbocycles. The van der Waals surface area contributed by atoms with Crippen LogP contribution >= 0.6 is 0 Å². The van der Waals surface area contributed by atoms with Gasteiger partial charge in [-0.25, -0.2) is 0 Å². The molecular weight excluding hydrogens is 164 g/mol. The van der Waals surface area contributed by atoms with Gasteiger partial charge in [0.05, 0.1) is 5.41 Å². The van der Waals surface area contributed by atoms with Gasteiger partial charge in [0, 0.05) is 0 Å². The van der Waals surface area contributed by atoms with Crippen LogP contribution in [0.5, 0.6) is 0 Å². The molecule has 0 aliphatic heterocycles. The van der Waals surface area contributed by atoms with Gasteiger partial charge in [-0.3, -0.25) is 4.79 Å². The van der Waals surface area contributed by atoms with Gasteiger partial charge in [0.2, 0.25) is 0 Å². The van der Waals surface area contributed by atoms with Gasteiger partial charge in [-0.05, 0) is 19.8 Å². The molecule has 2 heteroatoms. The van der Waals surface area contributed by atoms with E-state index in [1.54, 1.807) is 6.08 Å². The van der Waals surface area contributed by atoms with Crippen LogP contribution < -0.4 is 0 Å². The van der Waals surface area contributed by atoms with E-state index >= 15 is 0 Å². The molecule has 0 amide bonds. The standard InChI is InChI=1S/C11H18O2/c1-3-9-13-10(12)11(2)7-5-4-6-8-11/h3H,1,4-9H2,2H3. The van der Waals surface area contributed by atoms with Crippen LogP contribution in [0.4, 0.5) is 0 Å². The van der Waals surface area contributed by atoms with Gasteiger partial charge in [0.1, 0.15) is 6.61 Å². The van der Waals surface area contributed by atoms with Crippen LogP contribution in [0.15, 0.2) is 12.7 Å². The van der Waals surface area contributed by atoms with Crippen LogP contribution in [-0.4, -0.2) is 12.6 Å². The second-order valence-electron chi connectivity index (χ2n) is 4.01. The maximum absolute atomic E-state index is 11.6. The fourth-order valence-corrected chi connectivity index (χ4v) is 1.85. The number of carbonyl (C=O) groups excluding carboxylic acids is 1. The lowest BCUT2D eigenvalue weighted by atomic mass is 9.76. The summed E-state index contributed by atoms with van der Waals surface area (Å²) in [5.74, 6) is -0.0490. The van der Waals surface area contributed by atoms with E-state index in [4.69, 9.17) is 4.74 Å². The molecule has 1 aliphatic rings. The summed E-state index contributed by atoms with van der Waals surface area (Å²) in [4.78, 5) is 11.6. The van der Waals surface area contributed by atoms with Gasteiger partial charge in [0.25, 0.3) is 0 Å². The molecule has 0 atom stereocenters. The summed E-state index contributed by atoms with van der Waals surface area (Å²) in [6, 6.07) is 0. The minimum absolute atomic E-state index is 0.0490. The first-order valence-electron chi connectivity index (χ1n) is 4.97. The highest BCUT2D eigenvalue weighted by Gasteiger charge is 2.35. The highest BCUT2D eigenvalue weighted by molar-refractivity contribution is 5.76. The van der Waals surface area contributed by atoms with Crippen molar-refractivity contribution >= 4 is 5.97 Å². The largest absolute Gasteiger partial charge is 0.461 e. The summed E-state index contributed by atoms with van der Waals surface area (Å²) in [5.41, 5.74) is -0.221. The monoisotopic (exact) mass is 182 g/mol. The molecule has 0 bridgehead atoms. The van der Waals surface area contributed by atoms with E-state index in [1.807, 2.05) is 6.92 Å². The summed E-state index contributed by atoms with van der Waals surface area (Å²) in [7, 11) is 0. The molecule has 2 nitrogen and oxygen atoms in total. The number of rotatable bonds is 3. The van der Waals surface area contributed by atoms with Crippen LogP contribution in [-0.2, 0) is 9.53 Å². The van der Waals surface area contributed by atoms with Crippen LogP contribution in [0.1, 0.15) is 39.0 Å². The van der Waals surface area contributed by atoms with E-state index in [1.165, 1.54) is 6.42 Å². The summed E-state index contributed by atoms with van der Waals surface area (Å²) < 4.78 is 5.08. The second kappa shape index (κ2) is 4.45. The maximum atomic E-state index is 11.6. The van der Waals surface area contributed by atoms with Gasteiger partial charge in [0.15, 0.2) is 0 Å². The van der Waals surface area contributed by atoms with Gasteiger partial charge in [-0.1, -0.05) is 31.9 Å². The Hall–Kier alpha value is -0.790.